The van der Waals surface area contributed by atoms with Gasteiger partial charge in [0.05, 0.1) is 13.2 Å². The van der Waals surface area contributed by atoms with Gasteiger partial charge in [-0.15, -0.1) is 0 Å². The molecule has 0 radical (unpaired) electrons. The molecule has 0 spiro atoms. The molecule has 0 unspecified atom stereocenters. The van der Waals surface area contributed by atoms with Crippen LogP contribution in [0.3, 0.4) is 0 Å². The molecule has 1 saturated heterocycles. The number of morpholine rings is 1. The quantitative estimate of drug-likeness (QED) is 0.171. The van der Waals surface area contributed by atoms with Gasteiger partial charge in [0, 0.05) is 48.3 Å². The highest BCUT2D eigenvalue weighted by Crippen LogP contribution is 2.32. The Balaban J connectivity index is 1.30. The number of ether oxygens (including phenoxy) is 2. The largest absolute Gasteiger partial charge is 0.492 e. The van der Waals surface area contributed by atoms with Crippen molar-refractivity contribution in [3.05, 3.63) is 121 Å². The number of fused-ring (bicyclic) bond motifs is 1. The van der Waals surface area contributed by atoms with Gasteiger partial charge in [-0.05, 0) is 60.2 Å². The van der Waals surface area contributed by atoms with Crippen LogP contribution in [0.5, 0.6) is 5.75 Å². The summed E-state index contributed by atoms with van der Waals surface area (Å²) in [6, 6.07) is 33.9. The van der Waals surface area contributed by atoms with E-state index in [2.05, 4.69) is 4.90 Å². The molecular formula is C34H31N3O4. The molecule has 0 aliphatic carbocycles. The summed E-state index contributed by atoms with van der Waals surface area (Å²) >= 11 is 0. The van der Waals surface area contributed by atoms with Gasteiger partial charge in [-0.3, -0.25) is 19.4 Å². The lowest BCUT2D eigenvalue weighted by molar-refractivity contribution is -0.114. The van der Waals surface area contributed by atoms with E-state index in [4.69, 9.17) is 9.47 Å². The molecule has 41 heavy (non-hydrogen) atoms. The second-order valence-corrected chi connectivity index (χ2v) is 9.87. The first-order valence-corrected chi connectivity index (χ1v) is 13.8. The lowest BCUT2D eigenvalue weighted by Gasteiger charge is -2.26. The maximum absolute atomic E-state index is 14.1. The van der Waals surface area contributed by atoms with Gasteiger partial charge in [-0.2, -0.15) is 0 Å². The van der Waals surface area contributed by atoms with Gasteiger partial charge in [0.2, 0.25) is 0 Å². The van der Waals surface area contributed by atoms with Crippen LogP contribution in [-0.4, -0.2) is 60.4 Å². The van der Waals surface area contributed by atoms with E-state index in [0.29, 0.717) is 35.0 Å². The summed E-state index contributed by atoms with van der Waals surface area (Å²) in [4.78, 5) is 32.0. The molecule has 0 bridgehead atoms. The third kappa shape index (κ3) is 5.77. The van der Waals surface area contributed by atoms with Gasteiger partial charge in [0.15, 0.2) is 0 Å². The van der Waals surface area contributed by atoms with E-state index < -0.39 is 11.7 Å². The Hall–Kier alpha value is -4.72. The molecular weight excluding hydrogens is 514 g/mol. The van der Waals surface area contributed by atoms with E-state index in [9.17, 15) is 9.59 Å². The number of amides is 1. The normalized spacial score (nSPS) is 13.7. The van der Waals surface area contributed by atoms with Crippen LogP contribution in [0.1, 0.15) is 10.5 Å². The summed E-state index contributed by atoms with van der Waals surface area (Å²) in [6.45, 7) is 4.71. The van der Waals surface area contributed by atoms with Gasteiger partial charge in [0.25, 0.3) is 5.78 Å². The minimum absolute atomic E-state index is 0.334. The molecule has 1 fully saturated rings. The predicted octanol–water partition coefficient (Wildman–Crippen LogP) is 5.86. The Morgan fingerprint density at radius 1 is 0.780 bits per heavy atom. The molecule has 1 amide bonds. The highest BCUT2D eigenvalue weighted by Gasteiger charge is 2.30. The monoisotopic (exact) mass is 545 g/mol. The number of ketones is 1. The fourth-order valence-electron chi connectivity index (χ4n) is 5.17. The number of para-hydroxylation sites is 1. The summed E-state index contributed by atoms with van der Waals surface area (Å²) in [7, 11) is 0. The molecule has 2 aromatic heterocycles. The second-order valence-electron chi connectivity index (χ2n) is 9.87. The van der Waals surface area contributed by atoms with Crippen LogP contribution in [0.15, 0.2) is 115 Å². The summed E-state index contributed by atoms with van der Waals surface area (Å²) in [5.41, 5.74) is 3.95. The van der Waals surface area contributed by atoms with Crippen LogP contribution in [-0.2, 0) is 9.53 Å². The lowest BCUT2D eigenvalue weighted by Crippen LogP contribution is -2.38. The Kier molecular flexibility index (Phi) is 7.89. The zero-order valence-corrected chi connectivity index (χ0v) is 22.7. The van der Waals surface area contributed by atoms with Crippen molar-refractivity contribution in [2.45, 2.75) is 0 Å². The molecule has 3 aromatic carbocycles. The first-order chi connectivity index (χ1) is 20.2. The predicted molar refractivity (Wildman–Crippen MR) is 160 cm³/mol. The lowest BCUT2D eigenvalue weighted by atomic mass is 10.0. The summed E-state index contributed by atoms with van der Waals surface area (Å²) in [6.07, 6.45) is 1.82. The molecule has 1 aliphatic heterocycles. The first kappa shape index (κ1) is 26.5. The second kappa shape index (κ2) is 12.2. The molecule has 0 saturated carbocycles. The summed E-state index contributed by atoms with van der Waals surface area (Å²) < 4.78 is 13.2. The van der Waals surface area contributed by atoms with E-state index in [0.717, 1.165) is 43.9 Å². The van der Waals surface area contributed by atoms with Crippen molar-refractivity contribution in [2.75, 3.05) is 44.4 Å². The minimum atomic E-state index is -0.641. The van der Waals surface area contributed by atoms with Crippen molar-refractivity contribution in [3.63, 3.8) is 0 Å². The van der Waals surface area contributed by atoms with Gasteiger partial charge >= 0.3 is 5.91 Å². The summed E-state index contributed by atoms with van der Waals surface area (Å²) in [5.74, 6) is -0.527. The molecule has 0 N–H and O–H groups in total. The highest BCUT2D eigenvalue weighted by atomic mass is 16.5. The minimum Gasteiger partial charge on any atom is -0.492 e. The van der Waals surface area contributed by atoms with Crippen LogP contribution in [0, 0.1) is 0 Å². The number of pyridine rings is 1. The average molecular weight is 546 g/mol. The fourth-order valence-corrected chi connectivity index (χ4v) is 5.17. The van der Waals surface area contributed by atoms with Crippen molar-refractivity contribution in [3.8, 4) is 16.9 Å². The van der Waals surface area contributed by atoms with Crippen LogP contribution in [0.4, 0.5) is 11.4 Å². The Morgan fingerprint density at radius 2 is 1.44 bits per heavy atom. The third-order valence-electron chi connectivity index (χ3n) is 7.27. The van der Waals surface area contributed by atoms with E-state index in [1.165, 1.54) is 4.90 Å². The molecule has 0 atom stereocenters. The molecule has 5 aromatic rings. The summed E-state index contributed by atoms with van der Waals surface area (Å²) in [5, 5.41) is 0. The molecule has 3 heterocycles. The third-order valence-corrected chi connectivity index (χ3v) is 7.27. The zero-order valence-electron chi connectivity index (χ0n) is 22.7. The van der Waals surface area contributed by atoms with Crippen molar-refractivity contribution in [2.24, 2.45) is 0 Å². The van der Waals surface area contributed by atoms with E-state index in [1.807, 2.05) is 115 Å². The number of Topliss-reactive ketones (excluding diaryl/α,β-unsaturated/α-hetero) is 1. The number of anilines is 2. The molecule has 7 nitrogen and oxygen atoms in total. The maximum atomic E-state index is 14.1. The van der Waals surface area contributed by atoms with E-state index in [1.54, 1.807) is 4.40 Å². The topological polar surface area (TPSA) is 63.5 Å². The van der Waals surface area contributed by atoms with Crippen molar-refractivity contribution in [1.29, 1.82) is 0 Å². The molecule has 1 aliphatic rings. The molecule has 7 heteroatoms. The van der Waals surface area contributed by atoms with Crippen molar-refractivity contribution in [1.82, 2.24) is 9.30 Å². The number of rotatable bonds is 9. The van der Waals surface area contributed by atoms with Crippen LogP contribution < -0.4 is 9.64 Å². The number of aromatic nitrogens is 1. The van der Waals surface area contributed by atoms with E-state index >= 15 is 0 Å². The zero-order chi connectivity index (χ0) is 28.0. The number of carbonyl (C=O) groups excluding carboxylic acids is 2. The Labute approximate surface area is 239 Å². The van der Waals surface area contributed by atoms with Crippen LogP contribution in [0.25, 0.3) is 16.6 Å². The maximum Gasteiger partial charge on any atom is 0.305 e. The van der Waals surface area contributed by atoms with Crippen LogP contribution >= 0.6 is 0 Å². The Morgan fingerprint density at radius 3 is 2.17 bits per heavy atom. The van der Waals surface area contributed by atoms with Gasteiger partial charge < -0.3 is 13.9 Å². The number of benzene rings is 3. The van der Waals surface area contributed by atoms with Gasteiger partial charge in [0.1, 0.15) is 18.1 Å². The first-order valence-electron chi connectivity index (χ1n) is 13.8. The van der Waals surface area contributed by atoms with Crippen molar-refractivity contribution < 1.29 is 19.1 Å². The number of nitrogens with zero attached hydrogens (tertiary/aromatic N) is 3. The molecule has 6 rings (SSSR count). The number of hydrogen-bond donors (Lipinski definition) is 0. The van der Waals surface area contributed by atoms with E-state index in [-0.39, 0.29) is 0 Å². The molecule has 206 valence electrons. The SMILES string of the molecule is O=C(C(=O)N(c1ccccc1)c1ccc(OCCN2CCOCC2)cc1)c1c(-c2ccccc2)cc2ccccn12. The smallest absolute Gasteiger partial charge is 0.305 e. The average Bonchev–Trinajstić information content (AvgIpc) is 3.43. The van der Waals surface area contributed by atoms with Gasteiger partial charge in [-0.1, -0.05) is 54.6 Å². The number of carbonyl (C=O) groups is 2. The standard InChI is InChI=1S/C34H31N3O4/c38-33(32-31(26-9-3-1-4-10-26)25-29-13-7-8-18-36(29)32)34(39)37(27-11-5-2-6-12-27)28-14-16-30(17-15-28)41-24-21-35-19-22-40-23-20-35/h1-18,25H,19-24H2. The van der Waals surface area contributed by atoms with Gasteiger partial charge in [-0.25, -0.2) is 0 Å². The Bertz CT molecular complexity index is 1630. The van der Waals surface area contributed by atoms with Crippen molar-refractivity contribution >= 4 is 28.6 Å². The fraction of sp³-hybridized carbons (Fsp3) is 0.176. The number of hydrogen-bond acceptors (Lipinski definition) is 5. The highest BCUT2D eigenvalue weighted by molar-refractivity contribution is 6.49. The van der Waals surface area contributed by atoms with Crippen LogP contribution in [0.2, 0.25) is 0 Å².